The van der Waals surface area contributed by atoms with E-state index in [-0.39, 0.29) is 5.91 Å². The average Bonchev–Trinajstić information content (AvgIpc) is 3.30. The second kappa shape index (κ2) is 6.53. The Bertz CT molecular complexity index is 705. The number of thiophene rings is 1. The zero-order valence-corrected chi connectivity index (χ0v) is 14.5. The van der Waals surface area contributed by atoms with Gasteiger partial charge in [0.25, 0.3) is 5.91 Å². The van der Waals surface area contributed by atoms with Crippen molar-refractivity contribution in [3.63, 3.8) is 0 Å². The summed E-state index contributed by atoms with van der Waals surface area (Å²) >= 11 is 1.58. The van der Waals surface area contributed by atoms with Crippen LogP contribution in [0.2, 0.25) is 0 Å². The summed E-state index contributed by atoms with van der Waals surface area (Å²) in [6.07, 6.45) is 1.76. The predicted molar refractivity (Wildman–Crippen MR) is 93.3 cm³/mol. The fourth-order valence-corrected chi connectivity index (χ4v) is 4.55. The van der Waals surface area contributed by atoms with Crippen LogP contribution in [0.15, 0.2) is 35.2 Å². The standard InChI is InChI=1S/C18H21N3O2S/c1-23-17-13(3-2-5-19-17)7-20-8-15-10-21(11-16(15)9-20)18(22)14-4-6-24-12-14/h2-6,12,15-16H,7-11H2,1H3/t15-,16+. The first kappa shape index (κ1) is 15.6. The Labute approximate surface area is 145 Å². The van der Waals surface area contributed by atoms with Crippen molar-refractivity contribution in [3.8, 4) is 5.88 Å². The largest absolute Gasteiger partial charge is 0.481 e. The zero-order valence-electron chi connectivity index (χ0n) is 13.7. The number of carbonyl (C=O) groups excluding carboxylic acids is 1. The number of amides is 1. The Kier molecular flexibility index (Phi) is 4.24. The number of likely N-dealkylation sites (tertiary alicyclic amines) is 2. The van der Waals surface area contributed by atoms with Crippen LogP contribution in [0.3, 0.4) is 0 Å². The highest BCUT2D eigenvalue weighted by Crippen LogP contribution is 2.33. The summed E-state index contributed by atoms with van der Waals surface area (Å²) in [5.41, 5.74) is 1.96. The molecule has 0 aromatic carbocycles. The van der Waals surface area contributed by atoms with Gasteiger partial charge in [0.2, 0.25) is 5.88 Å². The Hall–Kier alpha value is -1.92. The van der Waals surface area contributed by atoms with Gasteiger partial charge in [-0.15, -0.1) is 0 Å². The van der Waals surface area contributed by atoms with E-state index in [2.05, 4.69) is 16.0 Å². The average molecular weight is 343 g/mol. The lowest BCUT2D eigenvalue weighted by Gasteiger charge is -2.21. The second-order valence-corrected chi connectivity index (χ2v) is 7.39. The van der Waals surface area contributed by atoms with E-state index in [4.69, 9.17) is 4.74 Å². The summed E-state index contributed by atoms with van der Waals surface area (Å²) in [5, 5.41) is 3.91. The fourth-order valence-electron chi connectivity index (χ4n) is 3.92. The molecule has 4 rings (SSSR count). The normalized spacial score (nSPS) is 23.5. The third-order valence-corrected chi connectivity index (χ3v) is 5.74. The number of nitrogens with zero attached hydrogens (tertiary/aromatic N) is 3. The lowest BCUT2D eigenvalue weighted by Crippen LogP contribution is -2.33. The topological polar surface area (TPSA) is 45.7 Å². The number of pyridine rings is 1. The molecule has 2 aromatic heterocycles. The number of fused-ring (bicyclic) bond motifs is 1. The first-order valence-corrected chi connectivity index (χ1v) is 9.20. The van der Waals surface area contributed by atoms with Gasteiger partial charge in [0.05, 0.1) is 12.7 Å². The minimum absolute atomic E-state index is 0.186. The van der Waals surface area contributed by atoms with Crippen molar-refractivity contribution in [1.29, 1.82) is 0 Å². The van der Waals surface area contributed by atoms with Crippen LogP contribution in [-0.2, 0) is 6.54 Å². The number of rotatable bonds is 4. The van der Waals surface area contributed by atoms with Gasteiger partial charge in [0, 0.05) is 49.9 Å². The summed E-state index contributed by atoms with van der Waals surface area (Å²) in [6, 6.07) is 5.95. The van der Waals surface area contributed by atoms with Crippen LogP contribution in [0.4, 0.5) is 0 Å². The van der Waals surface area contributed by atoms with Crippen molar-refractivity contribution in [1.82, 2.24) is 14.8 Å². The molecule has 5 nitrogen and oxygen atoms in total. The highest BCUT2D eigenvalue weighted by Gasteiger charge is 2.41. The van der Waals surface area contributed by atoms with Gasteiger partial charge in [-0.05, 0) is 29.3 Å². The van der Waals surface area contributed by atoms with Gasteiger partial charge in [-0.2, -0.15) is 11.3 Å². The summed E-state index contributed by atoms with van der Waals surface area (Å²) in [4.78, 5) is 21.3. The molecule has 2 aromatic rings. The maximum absolute atomic E-state index is 12.5. The molecule has 0 bridgehead atoms. The molecule has 2 saturated heterocycles. The van der Waals surface area contributed by atoms with Crippen molar-refractivity contribution in [2.75, 3.05) is 33.3 Å². The molecule has 2 aliphatic rings. The third-order valence-electron chi connectivity index (χ3n) is 5.05. The number of aromatic nitrogens is 1. The lowest BCUT2D eigenvalue weighted by molar-refractivity contribution is 0.0774. The van der Waals surface area contributed by atoms with Gasteiger partial charge in [-0.3, -0.25) is 9.69 Å². The number of ether oxygens (including phenoxy) is 1. The molecule has 4 heterocycles. The van der Waals surface area contributed by atoms with Crippen molar-refractivity contribution in [2.24, 2.45) is 11.8 Å². The van der Waals surface area contributed by atoms with Crippen LogP contribution in [0.5, 0.6) is 5.88 Å². The molecule has 2 fully saturated rings. The zero-order chi connectivity index (χ0) is 16.5. The van der Waals surface area contributed by atoms with E-state index in [0.29, 0.717) is 17.7 Å². The van der Waals surface area contributed by atoms with E-state index in [1.165, 1.54) is 0 Å². The van der Waals surface area contributed by atoms with Gasteiger partial charge < -0.3 is 9.64 Å². The summed E-state index contributed by atoms with van der Waals surface area (Å²) in [7, 11) is 1.67. The Morgan fingerprint density at radius 3 is 2.75 bits per heavy atom. The molecule has 0 radical (unpaired) electrons. The molecule has 24 heavy (non-hydrogen) atoms. The number of hydrogen-bond donors (Lipinski definition) is 0. The molecule has 0 unspecified atom stereocenters. The highest BCUT2D eigenvalue weighted by molar-refractivity contribution is 7.08. The van der Waals surface area contributed by atoms with E-state index in [0.717, 1.165) is 43.9 Å². The number of methoxy groups -OCH3 is 1. The van der Waals surface area contributed by atoms with E-state index >= 15 is 0 Å². The lowest BCUT2D eigenvalue weighted by atomic mass is 10.0. The molecular weight excluding hydrogens is 322 g/mol. The Morgan fingerprint density at radius 1 is 1.29 bits per heavy atom. The molecular formula is C18H21N3O2S. The molecule has 1 amide bonds. The van der Waals surface area contributed by atoms with Crippen molar-refractivity contribution >= 4 is 17.2 Å². The molecule has 0 saturated carbocycles. The van der Waals surface area contributed by atoms with Crippen molar-refractivity contribution < 1.29 is 9.53 Å². The van der Waals surface area contributed by atoms with Crippen LogP contribution < -0.4 is 4.74 Å². The summed E-state index contributed by atoms with van der Waals surface area (Å²) in [5.74, 6) is 2.06. The van der Waals surface area contributed by atoms with Gasteiger partial charge in [-0.25, -0.2) is 4.98 Å². The van der Waals surface area contributed by atoms with E-state index in [1.807, 2.05) is 27.8 Å². The van der Waals surface area contributed by atoms with E-state index in [1.54, 1.807) is 24.6 Å². The first-order chi connectivity index (χ1) is 11.7. The molecule has 0 spiro atoms. The maximum Gasteiger partial charge on any atom is 0.254 e. The fraction of sp³-hybridized carbons (Fsp3) is 0.444. The first-order valence-electron chi connectivity index (χ1n) is 8.26. The second-order valence-electron chi connectivity index (χ2n) is 6.61. The van der Waals surface area contributed by atoms with Gasteiger partial charge >= 0.3 is 0 Å². The molecule has 6 heteroatoms. The molecule has 2 atom stereocenters. The van der Waals surface area contributed by atoms with Crippen molar-refractivity contribution in [2.45, 2.75) is 6.54 Å². The minimum Gasteiger partial charge on any atom is -0.481 e. The van der Waals surface area contributed by atoms with Gasteiger partial charge in [0.15, 0.2) is 0 Å². The SMILES string of the molecule is COc1ncccc1CN1C[C@@H]2CN(C(=O)c3ccsc3)C[C@@H]2C1. The van der Waals surface area contributed by atoms with Crippen LogP contribution in [0.1, 0.15) is 15.9 Å². The van der Waals surface area contributed by atoms with Crippen LogP contribution >= 0.6 is 11.3 Å². The molecule has 0 aliphatic carbocycles. The molecule has 2 aliphatic heterocycles. The Morgan fingerprint density at radius 2 is 2.08 bits per heavy atom. The smallest absolute Gasteiger partial charge is 0.254 e. The van der Waals surface area contributed by atoms with E-state index < -0.39 is 0 Å². The van der Waals surface area contributed by atoms with Crippen LogP contribution in [-0.4, -0.2) is 54.0 Å². The monoisotopic (exact) mass is 343 g/mol. The van der Waals surface area contributed by atoms with Gasteiger partial charge in [0.1, 0.15) is 0 Å². The van der Waals surface area contributed by atoms with Gasteiger partial charge in [-0.1, -0.05) is 6.07 Å². The predicted octanol–water partition coefficient (Wildman–Crippen LogP) is 2.36. The molecule has 0 N–H and O–H groups in total. The van der Waals surface area contributed by atoms with Crippen LogP contribution in [0, 0.1) is 11.8 Å². The Balaban J connectivity index is 1.37. The third kappa shape index (κ3) is 2.91. The number of hydrogen-bond acceptors (Lipinski definition) is 5. The highest BCUT2D eigenvalue weighted by atomic mass is 32.1. The van der Waals surface area contributed by atoms with Crippen molar-refractivity contribution in [3.05, 3.63) is 46.3 Å². The summed E-state index contributed by atoms with van der Waals surface area (Å²) in [6.45, 7) is 4.69. The number of carbonyl (C=O) groups is 1. The minimum atomic E-state index is 0.186. The van der Waals surface area contributed by atoms with E-state index in [9.17, 15) is 4.79 Å². The quantitative estimate of drug-likeness (QED) is 0.855. The molecule has 126 valence electrons. The maximum atomic E-state index is 12.5. The van der Waals surface area contributed by atoms with Crippen LogP contribution in [0.25, 0.3) is 0 Å². The summed E-state index contributed by atoms with van der Waals surface area (Å²) < 4.78 is 5.35.